The third kappa shape index (κ3) is 6.66. The highest BCUT2D eigenvalue weighted by atomic mass is 35.5. The third-order valence-corrected chi connectivity index (χ3v) is 7.01. The molecule has 1 heterocycles. The predicted octanol–water partition coefficient (Wildman–Crippen LogP) is 4.48. The van der Waals surface area contributed by atoms with Gasteiger partial charge < -0.3 is 23.9 Å². The minimum Gasteiger partial charge on any atom is -0.493 e. The Morgan fingerprint density at radius 2 is 1.97 bits per heavy atom. The number of nitrogens with one attached hydrogen (secondary N) is 1. The van der Waals surface area contributed by atoms with Crippen LogP contribution >= 0.6 is 23.2 Å². The summed E-state index contributed by atoms with van der Waals surface area (Å²) in [5.41, 5.74) is 0.666. The van der Waals surface area contributed by atoms with E-state index < -0.39 is 10.1 Å². The van der Waals surface area contributed by atoms with Gasteiger partial charge in [-0.15, -0.1) is 0 Å². The maximum atomic E-state index is 12.8. The molecule has 0 radical (unpaired) electrons. The average molecular weight is 517 g/mol. The van der Waals surface area contributed by atoms with Crippen molar-refractivity contribution in [2.45, 2.75) is 37.3 Å². The van der Waals surface area contributed by atoms with E-state index in [2.05, 4.69) is 5.32 Å². The Bertz CT molecular complexity index is 1090. The highest BCUT2D eigenvalue weighted by Crippen LogP contribution is 2.33. The molecule has 1 atom stereocenters. The molecule has 0 spiro atoms. The molecule has 2 aromatic carbocycles. The number of carbonyl (C=O) groups is 1. The maximum absolute atomic E-state index is 12.8. The second-order valence-corrected chi connectivity index (χ2v) is 9.81. The summed E-state index contributed by atoms with van der Waals surface area (Å²) in [6.45, 7) is 3.67. The molecule has 0 bridgehead atoms. The standard InChI is InChI=1S/C22H26Cl2N2O6S/c1-3-25-22(27)26(14-16-5-4-10-31-16)13-15-6-9-20(30-2)21(11-15)32-33(28,29)17-7-8-18(23)19(24)12-17/h6-9,11-12,16H,3-5,10,13-14H2,1-2H3,(H,25,27)/t16-/m0/s1. The van der Waals surface area contributed by atoms with Crippen LogP contribution in [0.2, 0.25) is 10.0 Å². The molecule has 3 rings (SSSR count). The van der Waals surface area contributed by atoms with Gasteiger partial charge in [0, 0.05) is 26.2 Å². The second kappa shape index (κ2) is 11.3. The molecule has 0 aromatic heterocycles. The van der Waals surface area contributed by atoms with E-state index >= 15 is 0 Å². The molecule has 1 fully saturated rings. The van der Waals surface area contributed by atoms with Gasteiger partial charge in [0.1, 0.15) is 4.90 Å². The first kappa shape index (κ1) is 25.4. The summed E-state index contributed by atoms with van der Waals surface area (Å²) in [4.78, 5) is 14.1. The summed E-state index contributed by atoms with van der Waals surface area (Å²) in [7, 11) is -2.80. The fraction of sp³-hybridized carbons (Fsp3) is 0.409. The van der Waals surface area contributed by atoms with Crippen LogP contribution in [0.1, 0.15) is 25.3 Å². The van der Waals surface area contributed by atoms with E-state index in [1.54, 1.807) is 17.0 Å². The number of carbonyl (C=O) groups excluding carboxylic acids is 1. The van der Waals surface area contributed by atoms with Crippen LogP contribution < -0.4 is 14.2 Å². The SMILES string of the molecule is CCNC(=O)N(Cc1ccc(OC)c(OS(=O)(=O)c2ccc(Cl)c(Cl)c2)c1)C[C@@H]1CCCO1. The molecule has 0 saturated carbocycles. The van der Waals surface area contributed by atoms with Gasteiger partial charge in [-0.05, 0) is 55.7 Å². The van der Waals surface area contributed by atoms with E-state index in [0.29, 0.717) is 25.3 Å². The Labute approximate surface area is 203 Å². The van der Waals surface area contributed by atoms with Crippen LogP contribution in [0.25, 0.3) is 0 Å². The number of amides is 2. The first-order chi connectivity index (χ1) is 15.7. The lowest BCUT2D eigenvalue weighted by Gasteiger charge is -2.26. The molecule has 0 unspecified atom stereocenters. The second-order valence-electron chi connectivity index (χ2n) is 7.45. The summed E-state index contributed by atoms with van der Waals surface area (Å²) in [5, 5.41) is 3.12. The minimum atomic E-state index is -4.21. The first-order valence-electron chi connectivity index (χ1n) is 10.4. The number of rotatable bonds is 9. The van der Waals surface area contributed by atoms with Gasteiger partial charge in [-0.2, -0.15) is 8.42 Å². The Kier molecular flexibility index (Phi) is 8.69. The van der Waals surface area contributed by atoms with E-state index in [1.807, 2.05) is 6.92 Å². The maximum Gasteiger partial charge on any atom is 0.339 e. The molecule has 8 nitrogen and oxygen atoms in total. The molecule has 1 aliphatic rings. The molecule has 1 N–H and O–H groups in total. The average Bonchev–Trinajstić information content (AvgIpc) is 3.28. The Morgan fingerprint density at radius 3 is 2.61 bits per heavy atom. The van der Waals surface area contributed by atoms with Crippen molar-refractivity contribution in [3.05, 3.63) is 52.0 Å². The topological polar surface area (TPSA) is 94.2 Å². The Balaban J connectivity index is 1.85. The van der Waals surface area contributed by atoms with Gasteiger partial charge >= 0.3 is 16.1 Å². The minimum absolute atomic E-state index is 0.00552. The molecule has 11 heteroatoms. The van der Waals surface area contributed by atoms with Crippen LogP contribution in [-0.2, 0) is 21.4 Å². The number of urea groups is 1. The van der Waals surface area contributed by atoms with Crippen LogP contribution in [0.4, 0.5) is 4.79 Å². The van der Waals surface area contributed by atoms with E-state index in [-0.39, 0.29) is 45.1 Å². The lowest BCUT2D eigenvalue weighted by atomic mass is 10.1. The van der Waals surface area contributed by atoms with Crippen LogP contribution in [0.3, 0.4) is 0 Å². The third-order valence-electron chi connectivity index (χ3n) is 5.04. The highest BCUT2D eigenvalue weighted by molar-refractivity contribution is 7.87. The van der Waals surface area contributed by atoms with E-state index in [9.17, 15) is 13.2 Å². The van der Waals surface area contributed by atoms with E-state index in [4.69, 9.17) is 36.9 Å². The number of ether oxygens (including phenoxy) is 2. The van der Waals surface area contributed by atoms with E-state index in [1.165, 1.54) is 31.4 Å². The summed E-state index contributed by atoms with van der Waals surface area (Å²) < 4.78 is 42.0. The first-order valence-corrected chi connectivity index (χ1v) is 12.6. The van der Waals surface area contributed by atoms with Crippen molar-refractivity contribution in [2.75, 3.05) is 26.8 Å². The van der Waals surface area contributed by atoms with Crippen LogP contribution in [0, 0.1) is 0 Å². The molecule has 2 aromatic rings. The zero-order valence-electron chi connectivity index (χ0n) is 18.3. The molecular formula is C22H26Cl2N2O6S. The molecule has 33 heavy (non-hydrogen) atoms. The van der Waals surface area contributed by atoms with Crippen molar-refractivity contribution in [2.24, 2.45) is 0 Å². The van der Waals surface area contributed by atoms with Gasteiger partial charge in [0.15, 0.2) is 11.5 Å². The smallest absolute Gasteiger partial charge is 0.339 e. The fourth-order valence-corrected chi connectivity index (χ4v) is 4.74. The van der Waals surface area contributed by atoms with Gasteiger partial charge in [-0.1, -0.05) is 29.3 Å². The molecule has 1 aliphatic heterocycles. The summed E-state index contributed by atoms with van der Waals surface area (Å²) in [6, 6.07) is 8.55. The number of hydrogen-bond donors (Lipinski definition) is 1. The number of nitrogens with zero attached hydrogens (tertiary/aromatic N) is 1. The lowest BCUT2D eigenvalue weighted by molar-refractivity contribution is 0.0795. The van der Waals surface area contributed by atoms with Gasteiger partial charge in [-0.25, -0.2) is 4.79 Å². The van der Waals surface area contributed by atoms with Crippen molar-refractivity contribution >= 4 is 39.4 Å². The normalized spacial score (nSPS) is 15.8. The quantitative estimate of drug-likeness (QED) is 0.493. The van der Waals surface area contributed by atoms with E-state index in [0.717, 1.165) is 12.8 Å². The number of hydrogen-bond acceptors (Lipinski definition) is 6. The molecule has 1 saturated heterocycles. The lowest BCUT2D eigenvalue weighted by Crippen LogP contribution is -2.43. The van der Waals surface area contributed by atoms with Gasteiger partial charge in [-0.3, -0.25) is 0 Å². The van der Waals surface area contributed by atoms with Gasteiger partial charge in [0.2, 0.25) is 0 Å². The predicted molar refractivity (Wildman–Crippen MR) is 126 cm³/mol. The van der Waals surface area contributed by atoms with Crippen LogP contribution in [-0.4, -0.2) is 52.3 Å². The molecular weight excluding hydrogens is 491 g/mol. The van der Waals surface area contributed by atoms with Crippen molar-refractivity contribution in [1.82, 2.24) is 10.2 Å². The Hall–Kier alpha value is -2.20. The highest BCUT2D eigenvalue weighted by Gasteiger charge is 2.24. The zero-order chi connectivity index (χ0) is 24.0. The van der Waals surface area contributed by atoms with Crippen molar-refractivity contribution in [3.8, 4) is 11.5 Å². The van der Waals surface area contributed by atoms with Crippen LogP contribution in [0.5, 0.6) is 11.5 Å². The van der Waals surface area contributed by atoms with Gasteiger partial charge in [0.05, 0.1) is 23.3 Å². The summed E-state index contributed by atoms with van der Waals surface area (Å²) >= 11 is 11.8. The van der Waals surface area contributed by atoms with Crippen molar-refractivity contribution < 1.29 is 26.9 Å². The van der Waals surface area contributed by atoms with Crippen molar-refractivity contribution in [3.63, 3.8) is 0 Å². The number of methoxy groups -OCH3 is 1. The van der Waals surface area contributed by atoms with Crippen molar-refractivity contribution in [1.29, 1.82) is 0 Å². The zero-order valence-corrected chi connectivity index (χ0v) is 20.7. The monoisotopic (exact) mass is 516 g/mol. The fourth-order valence-electron chi connectivity index (χ4n) is 3.42. The number of halogens is 2. The summed E-state index contributed by atoms with van der Waals surface area (Å²) in [6.07, 6.45) is 1.81. The summed E-state index contributed by atoms with van der Waals surface area (Å²) in [5.74, 6) is 0.222. The Morgan fingerprint density at radius 1 is 1.18 bits per heavy atom. The largest absolute Gasteiger partial charge is 0.493 e. The van der Waals surface area contributed by atoms with Gasteiger partial charge in [0.25, 0.3) is 0 Å². The molecule has 2 amide bonds. The molecule has 180 valence electrons. The number of benzene rings is 2. The molecule has 0 aliphatic carbocycles. The van der Waals surface area contributed by atoms with Crippen LogP contribution in [0.15, 0.2) is 41.3 Å².